The van der Waals surface area contributed by atoms with E-state index in [4.69, 9.17) is 4.98 Å². The molecule has 1 fully saturated rings. The van der Waals surface area contributed by atoms with E-state index in [1.807, 2.05) is 24.3 Å². The summed E-state index contributed by atoms with van der Waals surface area (Å²) in [5.74, 6) is -0.496. The van der Waals surface area contributed by atoms with E-state index in [0.29, 0.717) is 23.6 Å². The summed E-state index contributed by atoms with van der Waals surface area (Å²) in [5.41, 5.74) is 10.7. The number of para-hydroxylation sites is 1. The number of fused-ring (bicyclic) bond motifs is 2. The monoisotopic (exact) mass is 337 g/mol. The quantitative estimate of drug-likeness (QED) is 0.785. The summed E-state index contributed by atoms with van der Waals surface area (Å²) in [4.78, 5) is 16.8. The summed E-state index contributed by atoms with van der Waals surface area (Å²) >= 11 is 0. The summed E-state index contributed by atoms with van der Waals surface area (Å²) < 4.78 is 0. The van der Waals surface area contributed by atoms with Gasteiger partial charge in [-0.05, 0) is 50.3 Å². The van der Waals surface area contributed by atoms with Crippen molar-refractivity contribution < 1.29 is 9.90 Å². The lowest BCUT2D eigenvalue weighted by atomic mass is 9.83. The summed E-state index contributed by atoms with van der Waals surface area (Å²) in [5, 5.41) is 10.6. The van der Waals surface area contributed by atoms with E-state index in [-0.39, 0.29) is 0 Å². The molecule has 0 amide bonds. The Labute approximate surface area is 147 Å². The number of allylic oxidation sites excluding steroid dienone is 1. The highest BCUT2D eigenvalue weighted by Crippen LogP contribution is 2.36. The van der Waals surface area contributed by atoms with Crippen molar-refractivity contribution in [3.8, 4) is 0 Å². The zero-order valence-electron chi connectivity index (χ0n) is 14.5. The molecule has 2 atom stereocenters. The fourth-order valence-corrected chi connectivity index (χ4v) is 4.15. The average molecular weight is 337 g/mol. The molecule has 3 N–H and O–H groups in total. The van der Waals surface area contributed by atoms with Crippen LogP contribution >= 0.6 is 0 Å². The van der Waals surface area contributed by atoms with Crippen LogP contribution in [0.25, 0.3) is 16.5 Å². The molecule has 1 aromatic heterocycles. The molecule has 2 aliphatic rings. The first-order valence-corrected chi connectivity index (χ1v) is 8.93. The lowest BCUT2D eigenvalue weighted by molar-refractivity contribution is 0.0697. The van der Waals surface area contributed by atoms with Crippen LogP contribution in [0.1, 0.15) is 48.3 Å². The van der Waals surface area contributed by atoms with E-state index in [9.17, 15) is 9.90 Å². The summed E-state index contributed by atoms with van der Waals surface area (Å²) in [6.45, 7) is 4.33. The molecule has 5 nitrogen and oxygen atoms in total. The second-order valence-electron chi connectivity index (χ2n) is 7.13. The van der Waals surface area contributed by atoms with Crippen LogP contribution < -0.4 is 10.9 Å². The van der Waals surface area contributed by atoms with Gasteiger partial charge in [0, 0.05) is 23.4 Å². The Bertz CT molecular complexity index is 865. The SMILES string of the molecule is CC1NNC(C)C1/C=C1\CCCc2c1nc1ccccc1c2C(=O)O. The van der Waals surface area contributed by atoms with Crippen molar-refractivity contribution >= 4 is 22.4 Å². The number of hydrogen-bond acceptors (Lipinski definition) is 4. The van der Waals surface area contributed by atoms with Gasteiger partial charge in [-0.15, -0.1) is 0 Å². The van der Waals surface area contributed by atoms with Crippen LogP contribution in [-0.4, -0.2) is 28.1 Å². The standard InChI is InChI=1S/C20H23N3O2/c1-11-16(12(2)23-22-11)10-13-6-5-8-15-18(20(24)25)14-7-3-4-9-17(14)21-19(13)15/h3-4,7,9-12,16,22-23H,5-6,8H2,1-2H3,(H,24,25)/b13-10+. The Balaban J connectivity index is 1.91. The van der Waals surface area contributed by atoms with Crippen LogP contribution in [0.4, 0.5) is 0 Å². The van der Waals surface area contributed by atoms with Crippen LogP contribution in [0.2, 0.25) is 0 Å². The molecule has 2 unspecified atom stereocenters. The summed E-state index contributed by atoms with van der Waals surface area (Å²) in [7, 11) is 0. The number of carbonyl (C=O) groups is 1. The third kappa shape index (κ3) is 2.73. The minimum Gasteiger partial charge on any atom is -0.478 e. The lowest BCUT2D eigenvalue weighted by Crippen LogP contribution is -2.30. The Hall–Kier alpha value is -2.24. The maximum absolute atomic E-state index is 12.0. The van der Waals surface area contributed by atoms with Crippen LogP contribution in [-0.2, 0) is 6.42 Å². The van der Waals surface area contributed by atoms with Gasteiger partial charge in [-0.2, -0.15) is 0 Å². The first kappa shape index (κ1) is 16.2. The second-order valence-corrected chi connectivity index (χ2v) is 7.13. The van der Waals surface area contributed by atoms with Crippen LogP contribution in [0.15, 0.2) is 30.3 Å². The topological polar surface area (TPSA) is 74.2 Å². The van der Waals surface area contributed by atoms with Crippen molar-refractivity contribution in [2.75, 3.05) is 0 Å². The fraction of sp³-hybridized carbons (Fsp3) is 0.400. The normalized spacial score (nSPS) is 27.6. The number of hydrazine groups is 1. The van der Waals surface area contributed by atoms with Crippen molar-refractivity contribution in [2.24, 2.45) is 5.92 Å². The number of pyridine rings is 1. The van der Waals surface area contributed by atoms with Gasteiger partial charge in [-0.3, -0.25) is 10.9 Å². The largest absolute Gasteiger partial charge is 0.478 e. The molecule has 130 valence electrons. The number of carboxylic acid groups (broad SMARTS) is 1. The molecule has 25 heavy (non-hydrogen) atoms. The lowest BCUT2D eigenvalue weighted by Gasteiger charge is -2.23. The highest BCUT2D eigenvalue weighted by Gasteiger charge is 2.30. The minimum atomic E-state index is -0.859. The van der Waals surface area contributed by atoms with E-state index in [2.05, 4.69) is 30.8 Å². The highest BCUT2D eigenvalue weighted by atomic mass is 16.4. The number of rotatable bonds is 2. The van der Waals surface area contributed by atoms with E-state index < -0.39 is 5.97 Å². The van der Waals surface area contributed by atoms with Crippen molar-refractivity contribution in [3.05, 3.63) is 47.2 Å². The average Bonchev–Trinajstić information content (AvgIpc) is 2.91. The van der Waals surface area contributed by atoms with Gasteiger partial charge in [0.25, 0.3) is 0 Å². The molecular formula is C20H23N3O2. The maximum Gasteiger partial charge on any atom is 0.336 e. The zero-order valence-corrected chi connectivity index (χ0v) is 14.5. The molecule has 1 aliphatic carbocycles. The van der Waals surface area contributed by atoms with Gasteiger partial charge in [0.05, 0.1) is 16.8 Å². The third-order valence-corrected chi connectivity index (χ3v) is 5.47. The van der Waals surface area contributed by atoms with E-state index in [1.54, 1.807) is 0 Å². The molecule has 2 aromatic rings. The predicted octanol–water partition coefficient (Wildman–Crippen LogP) is 3.15. The Morgan fingerprint density at radius 3 is 2.64 bits per heavy atom. The van der Waals surface area contributed by atoms with Crippen molar-refractivity contribution in [2.45, 2.75) is 45.2 Å². The van der Waals surface area contributed by atoms with Crippen molar-refractivity contribution in [1.82, 2.24) is 15.8 Å². The summed E-state index contributed by atoms with van der Waals surface area (Å²) in [6, 6.07) is 8.23. The van der Waals surface area contributed by atoms with Gasteiger partial charge in [0.2, 0.25) is 0 Å². The van der Waals surface area contributed by atoms with Crippen LogP contribution in [0.3, 0.4) is 0 Å². The van der Waals surface area contributed by atoms with Crippen molar-refractivity contribution in [1.29, 1.82) is 0 Å². The molecule has 0 spiro atoms. The first-order valence-electron chi connectivity index (χ1n) is 8.93. The molecule has 4 rings (SSSR count). The van der Waals surface area contributed by atoms with Gasteiger partial charge in [-0.1, -0.05) is 24.3 Å². The number of benzene rings is 1. The van der Waals surface area contributed by atoms with Gasteiger partial charge >= 0.3 is 5.97 Å². The molecule has 5 heteroatoms. The van der Waals surface area contributed by atoms with Crippen molar-refractivity contribution in [3.63, 3.8) is 0 Å². The number of aromatic nitrogens is 1. The Morgan fingerprint density at radius 2 is 1.92 bits per heavy atom. The van der Waals surface area contributed by atoms with Gasteiger partial charge in [0.1, 0.15) is 0 Å². The van der Waals surface area contributed by atoms with E-state index >= 15 is 0 Å². The highest BCUT2D eigenvalue weighted by molar-refractivity contribution is 6.05. The third-order valence-electron chi connectivity index (χ3n) is 5.47. The molecule has 0 bridgehead atoms. The van der Waals surface area contributed by atoms with E-state index in [1.165, 1.54) is 5.57 Å². The zero-order chi connectivity index (χ0) is 17.6. The molecule has 1 saturated heterocycles. The molecule has 0 saturated carbocycles. The molecule has 2 heterocycles. The maximum atomic E-state index is 12.0. The number of nitrogens with one attached hydrogen (secondary N) is 2. The minimum absolute atomic E-state index is 0.340. The smallest absolute Gasteiger partial charge is 0.336 e. The molecular weight excluding hydrogens is 314 g/mol. The van der Waals surface area contributed by atoms with E-state index in [0.717, 1.165) is 41.4 Å². The molecule has 1 aromatic carbocycles. The number of carboxylic acids is 1. The van der Waals surface area contributed by atoms with Gasteiger partial charge in [0.15, 0.2) is 0 Å². The Kier molecular flexibility index (Phi) is 4.06. The molecule has 1 aliphatic heterocycles. The summed E-state index contributed by atoms with van der Waals surface area (Å²) in [6.07, 6.45) is 4.99. The molecule has 0 radical (unpaired) electrons. The first-order chi connectivity index (χ1) is 12.1. The van der Waals surface area contributed by atoms with Crippen LogP contribution in [0.5, 0.6) is 0 Å². The number of aromatic carboxylic acids is 1. The van der Waals surface area contributed by atoms with Gasteiger partial charge < -0.3 is 5.11 Å². The number of nitrogens with zero attached hydrogens (tertiary/aromatic N) is 1. The second kappa shape index (κ2) is 6.24. The number of hydrogen-bond donors (Lipinski definition) is 3. The Morgan fingerprint density at radius 1 is 1.20 bits per heavy atom. The van der Waals surface area contributed by atoms with Crippen LogP contribution in [0, 0.1) is 5.92 Å². The fourth-order valence-electron chi connectivity index (χ4n) is 4.15. The van der Waals surface area contributed by atoms with Gasteiger partial charge in [-0.25, -0.2) is 9.78 Å². The predicted molar refractivity (Wildman–Crippen MR) is 98.3 cm³/mol.